The van der Waals surface area contributed by atoms with E-state index in [-0.39, 0.29) is 0 Å². The second-order valence-corrected chi connectivity index (χ2v) is 8.07. The van der Waals surface area contributed by atoms with Crippen molar-refractivity contribution in [1.82, 2.24) is 0 Å². The Bertz CT molecular complexity index is 1290. The minimum Gasteiger partial charge on any atom is -0.436 e. The fourth-order valence-electron chi connectivity index (χ4n) is 3.51. The van der Waals surface area contributed by atoms with Crippen molar-refractivity contribution < 1.29 is 4.42 Å². The highest BCUT2D eigenvalue weighted by Gasteiger charge is 2.22. The summed E-state index contributed by atoms with van der Waals surface area (Å²) in [6.45, 7) is 4.09. The molecular weight excluding hydrogens is 394 g/mol. The SMILES string of the molecule is Cc1ccc(-c2oc(N=Cc3ccc(N(C)C)cc3)c(C#N)c2-c2ccc(C)cc2)cc1. The predicted molar refractivity (Wildman–Crippen MR) is 132 cm³/mol. The fourth-order valence-corrected chi connectivity index (χ4v) is 3.51. The summed E-state index contributed by atoms with van der Waals surface area (Å²) in [5.41, 5.74) is 7.43. The number of anilines is 1. The summed E-state index contributed by atoms with van der Waals surface area (Å²) in [7, 11) is 4.01. The van der Waals surface area contributed by atoms with Gasteiger partial charge in [-0.05, 0) is 37.1 Å². The van der Waals surface area contributed by atoms with E-state index in [0.29, 0.717) is 17.2 Å². The molecule has 4 aromatic rings. The Kier molecular flexibility index (Phi) is 5.91. The maximum absolute atomic E-state index is 10.0. The first-order valence-corrected chi connectivity index (χ1v) is 10.5. The van der Waals surface area contributed by atoms with Crippen LogP contribution in [0.2, 0.25) is 0 Å². The molecule has 4 heteroatoms. The summed E-state index contributed by atoms with van der Waals surface area (Å²) in [6.07, 6.45) is 1.73. The number of hydrogen-bond acceptors (Lipinski definition) is 4. The van der Waals surface area contributed by atoms with Crippen LogP contribution in [0.5, 0.6) is 0 Å². The third-order valence-corrected chi connectivity index (χ3v) is 5.40. The van der Waals surface area contributed by atoms with Gasteiger partial charge < -0.3 is 9.32 Å². The van der Waals surface area contributed by atoms with Crippen LogP contribution in [0.3, 0.4) is 0 Å². The van der Waals surface area contributed by atoms with Crippen molar-refractivity contribution in [1.29, 1.82) is 5.26 Å². The van der Waals surface area contributed by atoms with E-state index in [2.05, 4.69) is 11.1 Å². The summed E-state index contributed by atoms with van der Waals surface area (Å²) in [4.78, 5) is 6.61. The molecule has 0 fully saturated rings. The first-order chi connectivity index (χ1) is 15.5. The average Bonchev–Trinajstić information content (AvgIpc) is 3.17. The fraction of sp³-hybridized carbons (Fsp3) is 0.143. The van der Waals surface area contributed by atoms with Crippen LogP contribution in [0.15, 0.2) is 82.2 Å². The van der Waals surface area contributed by atoms with Gasteiger partial charge in [0.05, 0.1) is 0 Å². The summed E-state index contributed by atoms with van der Waals surface area (Å²) < 4.78 is 6.20. The van der Waals surface area contributed by atoms with Crippen LogP contribution < -0.4 is 4.90 Å². The van der Waals surface area contributed by atoms with Gasteiger partial charge in [0.25, 0.3) is 0 Å². The summed E-state index contributed by atoms with van der Waals surface area (Å²) in [5.74, 6) is 0.968. The van der Waals surface area contributed by atoms with Crippen LogP contribution in [0, 0.1) is 25.2 Å². The Morgan fingerprint density at radius 3 is 1.91 bits per heavy atom. The van der Waals surface area contributed by atoms with Crippen molar-refractivity contribution in [2.24, 2.45) is 4.99 Å². The second-order valence-electron chi connectivity index (χ2n) is 8.07. The van der Waals surface area contributed by atoms with Gasteiger partial charge in [-0.15, -0.1) is 0 Å². The molecule has 0 bridgehead atoms. The lowest BCUT2D eigenvalue weighted by Gasteiger charge is -2.11. The maximum Gasteiger partial charge on any atom is 0.238 e. The topological polar surface area (TPSA) is 52.5 Å². The molecule has 0 aliphatic heterocycles. The molecule has 1 heterocycles. The molecule has 0 amide bonds. The minimum atomic E-state index is 0.315. The molecular formula is C28H25N3O. The van der Waals surface area contributed by atoms with Gasteiger partial charge in [0.2, 0.25) is 5.88 Å². The first-order valence-electron chi connectivity index (χ1n) is 10.5. The number of benzene rings is 3. The Labute approximate surface area is 189 Å². The van der Waals surface area contributed by atoms with E-state index in [0.717, 1.165) is 39.1 Å². The minimum absolute atomic E-state index is 0.315. The van der Waals surface area contributed by atoms with Gasteiger partial charge in [0.15, 0.2) is 0 Å². The standard InChI is InChI=1S/C28H25N3O/c1-19-5-11-22(12-6-19)26-25(17-29)28(32-27(26)23-13-7-20(2)8-14-23)30-18-21-9-15-24(16-10-21)31(3)4/h5-16,18H,1-4H3. The Balaban J connectivity index is 1.82. The molecule has 0 spiro atoms. The van der Waals surface area contributed by atoms with E-state index in [1.165, 1.54) is 0 Å². The number of aliphatic imine (C=N–C) groups is 1. The van der Waals surface area contributed by atoms with Crippen LogP contribution in [-0.2, 0) is 0 Å². The highest BCUT2D eigenvalue weighted by atomic mass is 16.4. The van der Waals surface area contributed by atoms with Gasteiger partial charge in [0, 0.05) is 37.1 Å². The van der Waals surface area contributed by atoms with Crippen LogP contribution in [-0.4, -0.2) is 20.3 Å². The van der Waals surface area contributed by atoms with Crippen LogP contribution in [0.4, 0.5) is 11.6 Å². The second kappa shape index (κ2) is 8.95. The lowest BCUT2D eigenvalue weighted by Crippen LogP contribution is -2.08. The summed E-state index contributed by atoms with van der Waals surface area (Å²) >= 11 is 0. The predicted octanol–water partition coefficient (Wildman–Crippen LogP) is 6.92. The van der Waals surface area contributed by atoms with E-state index in [4.69, 9.17) is 4.42 Å². The van der Waals surface area contributed by atoms with Crippen LogP contribution in [0.1, 0.15) is 22.3 Å². The van der Waals surface area contributed by atoms with Gasteiger partial charge in [-0.25, -0.2) is 4.99 Å². The molecule has 0 radical (unpaired) electrons. The molecule has 158 valence electrons. The van der Waals surface area contributed by atoms with Crippen LogP contribution >= 0.6 is 0 Å². The smallest absolute Gasteiger partial charge is 0.238 e. The normalized spacial score (nSPS) is 11.0. The number of furan rings is 1. The molecule has 0 aliphatic rings. The quantitative estimate of drug-likeness (QED) is 0.330. The van der Waals surface area contributed by atoms with Crippen molar-refractivity contribution in [3.8, 4) is 28.5 Å². The lowest BCUT2D eigenvalue weighted by molar-refractivity contribution is 0.593. The van der Waals surface area contributed by atoms with Gasteiger partial charge in [-0.1, -0.05) is 71.8 Å². The zero-order valence-corrected chi connectivity index (χ0v) is 18.8. The van der Waals surface area contributed by atoms with E-state index >= 15 is 0 Å². The average molecular weight is 420 g/mol. The van der Waals surface area contributed by atoms with Crippen molar-refractivity contribution in [3.63, 3.8) is 0 Å². The van der Waals surface area contributed by atoms with E-state index in [9.17, 15) is 5.26 Å². The molecule has 3 aromatic carbocycles. The van der Waals surface area contributed by atoms with Gasteiger partial charge in [-0.3, -0.25) is 0 Å². The maximum atomic E-state index is 10.0. The van der Waals surface area contributed by atoms with E-state index in [1.54, 1.807) is 6.21 Å². The molecule has 4 rings (SSSR count). The largest absolute Gasteiger partial charge is 0.436 e. The van der Waals surface area contributed by atoms with Gasteiger partial charge >= 0.3 is 0 Å². The lowest BCUT2D eigenvalue weighted by atomic mass is 9.97. The Hall–Kier alpha value is -4.10. The van der Waals surface area contributed by atoms with Gasteiger partial charge in [0.1, 0.15) is 17.4 Å². The molecule has 4 nitrogen and oxygen atoms in total. The van der Waals surface area contributed by atoms with E-state index < -0.39 is 0 Å². The van der Waals surface area contributed by atoms with Crippen molar-refractivity contribution >= 4 is 17.8 Å². The Morgan fingerprint density at radius 1 is 0.812 bits per heavy atom. The summed E-state index contributed by atoms with van der Waals surface area (Å²) in [5, 5.41) is 10.0. The number of aryl methyl sites for hydroxylation is 2. The number of hydrogen-bond donors (Lipinski definition) is 0. The van der Waals surface area contributed by atoms with Crippen molar-refractivity contribution in [3.05, 3.63) is 95.1 Å². The third-order valence-electron chi connectivity index (χ3n) is 5.40. The number of nitrogens with zero attached hydrogens (tertiary/aromatic N) is 3. The van der Waals surface area contributed by atoms with Crippen LogP contribution in [0.25, 0.3) is 22.5 Å². The van der Waals surface area contributed by atoms with Gasteiger partial charge in [-0.2, -0.15) is 5.26 Å². The highest BCUT2D eigenvalue weighted by Crippen LogP contribution is 2.42. The molecule has 0 atom stereocenters. The molecule has 0 unspecified atom stereocenters. The number of rotatable bonds is 5. The first kappa shape index (κ1) is 21.1. The van der Waals surface area contributed by atoms with Crippen molar-refractivity contribution in [2.75, 3.05) is 19.0 Å². The zero-order chi connectivity index (χ0) is 22.7. The summed E-state index contributed by atoms with van der Waals surface area (Å²) in [6, 6.07) is 26.6. The molecule has 0 aliphatic carbocycles. The molecule has 0 saturated heterocycles. The Morgan fingerprint density at radius 2 is 1.38 bits per heavy atom. The highest BCUT2D eigenvalue weighted by molar-refractivity contribution is 5.90. The molecule has 32 heavy (non-hydrogen) atoms. The molecule has 0 N–H and O–H groups in total. The number of nitriles is 1. The monoisotopic (exact) mass is 419 g/mol. The van der Waals surface area contributed by atoms with Crippen molar-refractivity contribution in [2.45, 2.75) is 13.8 Å². The molecule has 0 saturated carbocycles. The zero-order valence-electron chi connectivity index (χ0n) is 18.8. The third kappa shape index (κ3) is 4.33. The van der Waals surface area contributed by atoms with E-state index in [1.807, 2.05) is 106 Å². The molecule has 1 aromatic heterocycles.